The summed E-state index contributed by atoms with van der Waals surface area (Å²) in [6, 6.07) is 17.1. The van der Waals surface area contributed by atoms with E-state index in [1.807, 2.05) is 26.0 Å². The monoisotopic (exact) mass is 358 g/mol. The van der Waals surface area contributed by atoms with Gasteiger partial charge in [0.2, 0.25) is 0 Å². The lowest BCUT2D eigenvalue weighted by Crippen LogP contribution is -2.36. The second-order valence-electron chi connectivity index (χ2n) is 7.26. The summed E-state index contributed by atoms with van der Waals surface area (Å²) in [6.07, 6.45) is 2.18. The van der Waals surface area contributed by atoms with E-state index in [1.165, 1.54) is 11.1 Å². The van der Waals surface area contributed by atoms with Crippen LogP contribution in [0.1, 0.15) is 52.2 Å². The Bertz CT molecular complexity index is 1020. The lowest BCUT2D eigenvalue weighted by atomic mass is 9.95. The number of aliphatic imine (C=N–C) groups is 1. The highest BCUT2D eigenvalue weighted by atomic mass is 16.5. The Morgan fingerprint density at radius 1 is 1.04 bits per heavy atom. The molecule has 0 radical (unpaired) electrons. The molecule has 0 spiro atoms. The number of aryl methyl sites for hydroxylation is 3. The molecule has 1 aliphatic carbocycles. The summed E-state index contributed by atoms with van der Waals surface area (Å²) >= 11 is 0. The third-order valence-electron chi connectivity index (χ3n) is 5.57. The van der Waals surface area contributed by atoms with Gasteiger partial charge < -0.3 is 15.2 Å². The Kier molecular flexibility index (Phi) is 3.74. The molecule has 5 rings (SSSR count). The number of benzene rings is 2. The molecular formula is C22H22N4O. The Morgan fingerprint density at radius 3 is 2.63 bits per heavy atom. The first-order valence-corrected chi connectivity index (χ1v) is 9.41. The summed E-state index contributed by atoms with van der Waals surface area (Å²) in [4.78, 5) is 5.02. The summed E-state index contributed by atoms with van der Waals surface area (Å²) in [6.45, 7) is 3.93. The maximum absolute atomic E-state index is 5.42. The van der Waals surface area contributed by atoms with Crippen molar-refractivity contribution >= 4 is 11.6 Å². The highest BCUT2D eigenvalue weighted by Crippen LogP contribution is 2.38. The number of para-hydroxylation sites is 1. The molecule has 2 heterocycles. The minimum Gasteiger partial charge on any atom is -0.361 e. The van der Waals surface area contributed by atoms with Crippen molar-refractivity contribution in [3.05, 3.63) is 82.2 Å². The predicted octanol–water partition coefficient (Wildman–Crippen LogP) is 4.44. The zero-order chi connectivity index (χ0) is 18.4. The first kappa shape index (κ1) is 16.1. The van der Waals surface area contributed by atoms with Crippen molar-refractivity contribution in [3.8, 4) is 0 Å². The zero-order valence-corrected chi connectivity index (χ0v) is 15.5. The van der Waals surface area contributed by atoms with Gasteiger partial charge in [-0.2, -0.15) is 0 Å². The van der Waals surface area contributed by atoms with E-state index < -0.39 is 0 Å². The Hall–Kier alpha value is -3.08. The fourth-order valence-electron chi connectivity index (χ4n) is 4.25. The van der Waals surface area contributed by atoms with Crippen LogP contribution in [-0.2, 0) is 6.42 Å². The average Bonchev–Trinajstić information content (AvgIpc) is 3.24. The van der Waals surface area contributed by atoms with E-state index in [-0.39, 0.29) is 12.1 Å². The van der Waals surface area contributed by atoms with Gasteiger partial charge >= 0.3 is 0 Å². The Labute approximate surface area is 158 Å². The van der Waals surface area contributed by atoms with Gasteiger partial charge in [-0.15, -0.1) is 0 Å². The molecule has 0 fully saturated rings. The van der Waals surface area contributed by atoms with Crippen LogP contribution in [-0.4, -0.2) is 11.1 Å². The fraction of sp³-hybridized carbons (Fsp3) is 0.273. The lowest BCUT2D eigenvalue weighted by molar-refractivity contribution is 0.392. The van der Waals surface area contributed by atoms with Crippen molar-refractivity contribution in [1.82, 2.24) is 10.5 Å². The van der Waals surface area contributed by atoms with E-state index >= 15 is 0 Å². The number of aromatic nitrogens is 1. The second-order valence-corrected chi connectivity index (χ2v) is 7.26. The molecule has 0 amide bonds. The molecule has 5 heteroatoms. The van der Waals surface area contributed by atoms with Gasteiger partial charge in [-0.3, -0.25) is 0 Å². The van der Waals surface area contributed by atoms with Crippen LogP contribution in [0.15, 0.2) is 58.0 Å². The van der Waals surface area contributed by atoms with E-state index in [0.717, 1.165) is 47.1 Å². The zero-order valence-electron chi connectivity index (χ0n) is 15.5. The number of nitrogens with zero attached hydrogens (tertiary/aromatic N) is 2. The van der Waals surface area contributed by atoms with E-state index in [1.54, 1.807) is 0 Å². The third-order valence-corrected chi connectivity index (χ3v) is 5.57. The minimum atomic E-state index is -0.118. The van der Waals surface area contributed by atoms with Gasteiger partial charge in [0.25, 0.3) is 0 Å². The summed E-state index contributed by atoms with van der Waals surface area (Å²) in [7, 11) is 0. The number of nitrogens with one attached hydrogen (secondary N) is 2. The SMILES string of the molecule is Cc1noc(C)c1C1N=C(N[C@@H]2CCc3ccccc32)Nc2ccccc21. The normalized spacial score (nSPS) is 20.4. The summed E-state index contributed by atoms with van der Waals surface area (Å²) in [5.41, 5.74) is 6.96. The van der Waals surface area contributed by atoms with Crippen LogP contribution in [0, 0.1) is 13.8 Å². The fourth-order valence-corrected chi connectivity index (χ4v) is 4.25. The minimum absolute atomic E-state index is 0.118. The van der Waals surface area contributed by atoms with Crippen molar-refractivity contribution < 1.29 is 4.52 Å². The van der Waals surface area contributed by atoms with Gasteiger partial charge in [0.15, 0.2) is 5.96 Å². The molecule has 0 saturated heterocycles. The molecule has 2 N–H and O–H groups in total. The average molecular weight is 358 g/mol. The molecule has 1 aromatic heterocycles. The third kappa shape index (κ3) is 2.70. The summed E-state index contributed by atoms with van der Waals surface area (Å²) in [5, 5.41) is 11.2. The molecule has 1 aliphatic heterocycles. The summed E-state index contributed by atoms with van der Waals surface area (Å²) < 4.78 is 5.42. The molecule has 27 heavy (non-hydrogen) atoms. The molecule has 1 unspecified atom stereocenters. The van der Waals surface area contributed by atoms with E-state index in [0.29, 0.717) is 0 Å². The van der Waals surface area contributed by atoms with Gasteiger partial charge in [0.05, 0.1) is 11.7 Å². The van der Waals surface area contributed by atoms with Crippen LogP contribution in [0.2, 0.25) is 0 Å². The quantitative estimate of drug-likeness (QED) is 0.711. The second kappa shape index (κ2) is 6.27. The number of guanidine groups is 1. The van der Waals surface area contributed by atoms with E-state index in [9.17, 15) is 0 Å². The van der Waals surface area contributed by atoms with Gasteiger partial charge in [0, 0.05) is 16.8 Å². The smallest absolute Gasteiger partial charge is 0.197 e. The number of fused-ring (bicyclic) bond motifs is 2. The molecule has 3 aromatic rings. The van der Waals surface area contributed by atoms with E-state index in [2.05, 4.69) is 52.2 Å². The number of hydrogen-bond donors (Lipinski definition) is 2. The van der Waals surface area contributed by atoms with Crippen LogP contribution in [0.3, 0.4) is 0 Å². The van der Waals surface area contributed by atoms with Crippen molar-refractivity contribution in [2.24, 2.45) is 4.99 Å². The lowest BCUT2D eigenvalue weighted by Gasteiger charge is -2.27. The Morgan fingerprint density at radius 2 is 1.81 bits per heavy atom. The van der Waals surface area contributed by atoms with E-state index in [4.69, 9.17) is 9.52 Å². The predicted molar refractivity (Wildman–Crippen MR) is 106 cm³/mol. The maximum Gasteiger partial charge on any atom is 0.197 e. The largest absolute Gasteiger partial charge is 0.361 e. The van der Waals surface area contributed by atoms with Gasteiger partial charge in [-0.1, -0.05) is 47.6 Å². The van der Waals surface area contributed by atoms with Gasteiger partial charge in [0.1, 0.15) is 11.8 Å². The first-order chi connectivity index (χ1) is 13.2. The van der Waals surface area contributed by atoms with Crippen molar-refractivity contribution in [2.75, 3.05) is 5.32 Å². The molecule has 2 aliphatic rings. The highest BCUT2D eigenvalue weighted by Gasteiger charge is 2.30. The number of rotatable bonds is 2. The van der Waals surface area contributed by atoms with Gasteiger partial charge in [-0.05, 0) is 43.9 Å². The molecular weight excluding hydrogens is 336 g/mol. The van der Waals surface area contributed by atoms with Crippen LogP contribution >= 0.6 is 0 Å². The highest BCUT2D eigenvalue weighted by molar-refractivity contribution is 5.97. The van der Waals surface area contributed by atoms with Crippen LogP contribution in [0.4, 0.5) is 5.69 Å². The summed E-state index contributed by atoms with van der Waals surface area (Å²) in [5.74, 6) is 1.63. The molecule has 2 aromatic carbocycles. The van der Waals surface area contributed by atoms with Crippen molar-refractivity contribution in [1.29, 1.82) is 0 Å². The molecule has 0 saturated carbocycles. The first-order valence-electron chi connectivity index (χ1n) is 9.41. The Balaban J connectivity index is 1.52. The molecule has 0 bridgehead atoms. The van der Waals surface area contributed by atoms with Crippen LogP contribution in [0.25, 0.3) is 0 Å². The molecule has 136 valence electrons. The number of hydrogen-bond acceptors (Lipinski definition) is 5. The van der Waals surface area contributed by atoms with Gasteiger partial charge in [-0.25, -0.2) is 4.99 Å². The van der Waals surface area contributed by atoms with Crippen molar-refractivity contribution in [2.45, 2.75) is 38.8 Å². The maximum atomic E-state index is 5.42. The number of anilines is 1. The van der Waals surface area contributed by atoms with Crippen LogP contribution < -0.4 is 10.6 Å². The van der Waals surface area contributed by atoms with Crippen molar-refractivity contribution in [3.63, 3.8) is 0 Å². The molecule has 5 nitrogen and oxygen atoms in total. The topological polar surface area (TPSA) is 62.5 Å². The standard InChI is InChI=1S/C22H22N4O/c1-13-20(14(2)27-26-13)21-17-9-5-6-10-18(17)23-22(25-21)24-19-12-11-15-7-3-4-8-16(15)19/h3-10,19,21H,11-12H2,1-2H3,(H2,23,24,25)/t19-,21?/m1/s1. The van der Waals surface area contributed by atoms with Crippen LogP contribution in [0.5, 0.6) is 0 Å². The molecule has 2 atom stereocenters.